The molecular formula is C9H20N2O4. The highest BCUT2D eigenvalue weighted by atomic mass is 16.7. The molecule has 0 aromatic carbocycles. The van der Waals surface area contributed by atoms with Crippen molar-refractivity contribution in [2.24, 2.45) is 0 Å². The molecule has 0 radical (unpaired) electrons. The molecule has 3 N–H and O–H groups in total. The molecule has 6 heteroatoms. The number of ether oxygens (including phenoxy) is 1. The van der Waals surface area contributed by atoms with Gasteiger partial charge in [0.2, 0.25) is 0 Å². The number of carbonyl (C=O) groups excluding carboxylic acids is 1. The van der Waals surface area contributed by atoms with E-state index in [9.17, 15) is 4.79 Å². The highest BCUT2D eigenvalue weighted by Gasteiger charge is 2.15. The lowest BCUT2D eigenvalue weighted by molar-refractivity contribution is -0.00681. The maximum absolute atomic E-state index is 11.0. The van der Waals surface area contributed by atoms with E-state index in [4.69, 9.17) is 14.7 Å². The van der Waals surface area contributed by atoms with E-state index in [1.165, 1.54) is 0 Å². The van der Waals surface area contributed by atoms with Gasteiger partial charge in [-0.3, -0.25) is 4.84 Å². The predicted molar refractivity (Wildman–Crippen MR) is 55.3 cm³/mol. The van der Waals surface area contributed by atoms with Gasteiger partial charge in [0, 0.05) is 13.1 Å². The van der Waals surface area contributed by atoms with Crippen LogP contribution in [0.25, 0.3) is 0 Å². The zero-order valence-corrected chi connectivity index (χ0v) is 9.50. The van der Waals surface area contributed by atoms with Crippen molar-refractivity contribution in [1.82, 2.24) is 10.8 Å². The molecule has 0 aliphatic carbocycles. The molecule has 0 bridgehead atoms. The highest BCUT2D eigenvalue weighted by molar-refractivity contribution is 5.66. The molecule has 0 aromatic heterocycles. The van der Waals surface area contributed by atoms with Crippen LogP contribution in [0.15, 0.2) is 0 Å². The fraction of sp³-hybridized carbons (Fsp3) is 0.889. The predicted octanol–water partition coefficient (Wildman–Crippen LogP) is 0.0246. The zero-order valence-electron chi connectivity index (χ0n) is 9.50. The molecule has 0 aromatic rings. The average Bonchev–Trinajstić information content (AvgIpc) is 2.08. The molecule has 0 unspecified atom stereocenters. The van der Waals surface area contributed by atoms with Crippen molar-refractivity contribution in [2.75, 3.05) is 26.3 Å². The van der Waals surface area contributed by atoms with E-state index in [-0.39, 0.29) is 6.61 Å². The lowest BCUT2D eigenvalue weighted by Crippen LogP contribution is -2.34. The Hall–Kier alpha value is -0.850. The topological polar surface area (TPSA) is 79.8 Å². The number of hydroxylamine groups is 1. The Labute approximate surface area is 89.9 Å². The van der Waals surface area contributed by atoms with E-state index in [0.717, 1.165) is 0 Å². The van der Waals surface area contributed by atoms with Crippen LogP contribution in [0.1, 0.15) is 20.8 Å². The molecule has 0 rings (SSSR count). The summed E-state index contributed by atoms with van der Waals surface area (Å²) < 4.78 is 4.93. The van der Waals surface area contributed by atoms with Gasteiger partial charge in [-0.15, -0.1) is 0 Å². The monoisotopic (exact) mass is 220 g/mol. The summed E-state index contributed by atoms with van der Waals surface area (Å²) >= 11 is 0. The van der Waals surface area contributed by atoms with Crippen molar-refractivity contribution >= 4 is 6.09 Å². The first-order valence-corrected chi connectivity index (χ1v) is 4.88. The third-order valence-corrected chi connectivity index (χ3v) is 1.22. The fourth-order valence-electron chi connectivity index (χ4n) is 0.736. The van der Waals surface area contributed by atoms with Gasteiger partial charge in [0.05, 0.1) is 13.2 Å². The number of hydrogen-bond acceptors (Lipinski definition) is 5. The molecular weight excluding hydrogens is 200 g/mol. The van der Waals surface area contributed by atoms with Gasteiger partial charge in [-0.05, 0) is 20.8 Å². The molecule has 0 spiro atoms. The van der Waals surface area contributed by atoms with Gasteiger partial charge in [0.15, 0.2) is 0 Å². The first-order chi connectivity index (χ1) is 6.95. The van der Waals surface area contributed by atoms with Crippen molar-refractivity contribution in [1.29, 1.82) is 0 Å². The number of hydrogen-bond donors (Lipinski definition) is 3. The number of amides is 1. The molecule has 0 saturated heterocycles. The number of rotatable bonds is 6. The maximum atomic E-state index is 11.0. The van der Waals surface area contributed by atoms with Gasteiger partial charge in [0.1, 0.15) is 5.60 Å². The molecule has 0 saturated carbocycles. The van der Waals surface area contributed by atoms with Crippen molar-refractivity contribution < 1.29 is 19.5 Å². The van der Waals surface area contributed by atoms with Crippen LogP contribution in [0.4, 0.5) is 4.79 Å². The number of carbonyl (C=O) groups is 1. The Morgan fingerprint density at radius 2 is 2.00 bits per heavy atom. The lowest BCUT2D eigenvalue weighted by Gasteiger charge is -2.19. The molecule has 0 aliphatic heterocycles. The Kier molecular flexibility index (Phi) is 7.02. The SMILES string of the molecule is CC(C)(C)OC(=O)NOCCNCCO. The number of aliphatic hydroxyl groups excluding tert-OH is 1. The average molecular weight is 220 g/mol. The third kappa shape index (κ3) is 11.1. The van der Waals surface area contributed by atoms with Crippen LogP contribution in [-0.2, 0) is 9.57 Å². The van der Waals surface area contributed by atoms with E-state index in [1.54, 1.807) is 20.8 Å². The summed E-state index contributed by atoms with van der Waals surface area (Å²) in [5.74, 6) is 0. The van der Waals surface area contributed by atoms with E-state index in [0.29, 0.717) is 19.7 Å². The van der Waals surface area contributed by atoms with Gasteiger partial charge < -0.3 is 15.2 Å². The second-order valence-electron chi connectivity index (χ2n) is 3.93. The van der Waals surface area contributed by atoms with Gasteiger partial charge in [-0.2, -0.15) is 5.48 Å². The summed E-state index contributed by atoms with van der Waals surface area (Å²) in [6.07, 6.45) is -0.607. The minimum atomic E-state index is -0.607. The molecule has 0 aliphatic rings. The standard InChI is InChI=1S/C9H20N2O4/c1-9(2,3)15-8(13)11-14-7-5-10-4-6-12/h10,12H,4-7H2,1-3H3,(H,11,13). The maximum Gasteiger partial charge on any atom is 0.431 e. The van der Waals surface area contributed by atoms with Gasteiger partial charge in [0.25, 0.3) is 0 Å². The smallest absolute Gasteiger partial charge is 0.431 e. The van der Waals surface area contributed by atoms with Crippen LogP contribution in [-0.4, -0.2) is 43.1 Å². The summed E-state index contributed by atoms with van der Waals surface area (Å²) in [6.45, 7) is 6.78. The van der Waals surface area contributed by atoms with Crippen LogP contribution in [0, 0.1) is 0 Å². The highest BCUT2D eigenvalue weighted by Crippen LogP contribution is 2.05. The second kappa shape index (κ2) is 7.44. The normalized spacial score (nSPS) is 11.2. The second-order valence-corrected chi connectivity index (χ2v) is 3.93. The van der Waals surface area contributed by atoms with Crippen LogP contribution in [0.5, 0.6) is 0 Å². The summed E-state index contributed by atoms with van der Waals surface area (Å²) in [5, 5.41) is 11.3. The summed E-state index contributed by atoms with van der Waals surface area (Å²) in [6, 6.07) is 0. The quantitative estimate of drug-likeness (QED) is 0.434. The molecule has 0 fully saturated rings. The van der Waals surface area contributed by atoms with Crippen molar-refractivity contribution in [3.05, 3.63) is 0 Å². The molecule has 6 nitrogen and oxygen atoms in total. The van der Waals surface area contributed by atoms with Crippen LogP contribution in [0.2, 0.25) is 0 Å². The molecule has 1 amide bonds. The van der Waals surface area contributed by atoms with Gasteiger partial charge in [-0.25, -0.2) is 4.79 Å². The summed E-state index contributed by atoms with van der Waals surface area (Å²) in [4.78, 5) is 15.8. The Bertz CT molecular complexity index is 179. The van der Waals surface area contributed by atoms with Gasteiger partial charge >= 0.3 is 6.09 Å². The molecule has 90 valence electrons. The molecule has 0 atom stereocenters. The largest absolute Gasteiger partial charge is 0.442 e. The first kappa shape index (κ1) is 14.2. The van der Waals surface area contributed by atoms with Crippen molar-refractivity contribution in [3.63, 3.8) is 0 Å². The van der Waals surface area contributed by atoms with Crippen molar-refractivity contribution in [2.45, 2.75) is 26.4 Å². The summed E-state index contributed by atoms with van der Waals surface area (Å²) in [5.41, 5.74) is 1.63. The molecule has 0 heterocycles. The van der Waals surface area contributed by atoms with Gasteiger partial charge in [-0.1, -0.05) is 0 Å². The number of nitrogens with one attached hydrogen (secondary N) is 2. The Morgan fingerprint density at radius 1 is 1.33 bits per heavy atom. The van der Waals surface area contributed by atoms with E-state index in [1.807, 2.05) is 0 Å². The lowest BCUT2D eigenvalue weighted by atomic mass is 10.2. The summed E-state index contributed by atoms with van der Waals surface area (Å²) in [7, 11) is 0. The third-order valence-electron chi connectivity index (χ3n) is 1.22. The van der Waals surface area contributed by atoms with Crippen LogP contribution in [0.3, 0.4) is 0 Å². The van der Waals surface area contributed by atoms with E-state index < -0.39 is 11.7 Å². The Morgan fingerprint density at radius 3 is 2.53 bits per heavy atom. The molecule has 15 heavy (non-hydrogen) atoms. The number of aliphatic hydroxyl groups is 1. The minimum Gasteiger partial charge on any atom is -0.442 e. The minimum absolute atomic E-state index is 0.0828. The van der Waals surface area contributed by atoms with Crippen LogP contribution >= 0.6 is 0 Å². The van der Waals surface area contributed by atoms with E-state index >= 15 is 0 Å². The fourth-order valence-corrected chi connectivity index (χ4v) is 0.736. The van der Waals surface area contributed by atoms with E-state index in [2.05, 4.69) is 10.8 Å². The van der Waals surface area contributed by atoms with Crippen LogP contribution < -0.4 is 10.8 Å². The zero-order chi connectivity index (χ0) is 11.7. The Balaban J connectivity index is 3.32. The first-order valence-electron chi connectivity index (χ1n) is 4.88. The van der Waals surface area contributed by atoms with Crippen molar-refractivity contribution in [3.8, 4) is 0 Å².